The van der Waals surface area contributed by atoms with Crippen molar-refractivity contribution in [3.05, 3.63) is 41.8 Å². The first-order valence-electron chi connectivity index (χ1n) is 4.68. The minimum atomic E-state index is 0.183. The first kappa shape index (κ1) is 9.65. The molecule has 2 rings (SSSR count). The average molecular weight is 200 g/mol. The minimum absolute atomic E-state index is 0.183. The van der Waals surface area contributed by atoms with Crippen molar-refractivity contribution < 1.29 is 9.21 Å². The van der Waals surface area contributed by atoms with Gasteiger partial charge >= 0.3 is 0 Å². The molecule has 0 aliphatic heterocycles. The third-order valence-corrected chi connectivity index (χ3v) is 2.15. The lowest BCUT2D eigenvalue weighted by atomic mass is 10.2. The quantitative estimate of drug-likeness (QED) is 0.763. The van der Waals surface area contributed by atoms with E-state index in [2.05, 4.69) is 4.98 Å². The van der Waals surface area contributed by atoms with E-state index in [0.717, 1.165) is 5.56 Å². The summed E-state index contributed by atoms with van der Waals surface area (Å²) in [5, 5.41) is 0. The van der Waals surface area contributed by atoms with Gasteiger partial charge in [0.1, 0.15) is 5.76 Å². The van der Waals surface area contributed by atoms with Crippen LogP contribution in [-0.4, -0.2) is 11.3 Å². The molecule has 0 aliphatic carbocycles. The molecule has 0 bridgehead atoms. The van der Waals surface area contributed by atoms with E-state index < -0.39 is 0 Å². The molecule has 0 aliphatic rings. The lowest BCUT2D eigenvalue weighted by Gasteiger charge is -1.91. The number of hydrogen-bond acceptors (Lipinski definition) is 3. The zero-order chi connectivity index (χ0) is 10.7. The summed E-state index contributed by atoms with van der Waals surface area (Å²) in [5.41, 5.74) is 1.57. The third-order valence-electron chi connectivity index (χ3n) is 2.15. The molecule has 0 fully saturated rings. The Kier molecular flexibility index (Phi) is 2.63. The predicted molar refractivity (Wildman–Crippen MR) is 56.1 cm³/mol. The van der Waals surface area contributed by atoms with Gasteiger partial charge in [0.25, 0.3) is 0 Å². The van der Waals surface area contributed by atoms with E-state index in [-0.39, 0.29) is 6.42 Å². The Hall–Kier alpha value is -1.90. The van der Waals surface area contributed by atoms with E-state index >= 15 is 0 Å². The van der Waals surface area contributed by atoms with Crippen molar-refractivity contribution >= 4 is 6.29 Å². The van der Waals surface area contributed by atoms with E-state index in [1.807, 2.05) is 36.6 Å². The Morgan fingerprint density at radius 2 is 2.07 bits per heavy atom. The van der Waals surface area contributed by atoms with Gasteiger partial charge in [0.2, 0.25) is 12.2 Å². The average Bonchev–Trinajstić information content (AvgIpc) is 2.63. The topological polar surface area (TPSA) is 43.1 Å². The molecule has 3 heteroatoms. The molecule has 1 aromatic carbocycles. The summed E-state index contributed by atoms with van der Waals surface area (Å²) in [4.78, 5) is 14.5. The largest absolute Gasteiger partial charge is 0.441 e. The van der Waals surface area contributed by atoms with Crippen molar-refractivity contribution in [2.24, 2.45) is 0 Å². The Labute approximate surface area is 87.8 Å². The van der Waals surface area contributed by atoms with Crippen LogP contribution in [0.3, 0.4) is 0 Å². The second kappa shape index (κ2) is 4.09. The molecule has 75 valence electrons. The Bertz CT molecular complexity index is 460. The van der Waals surface area contributed by atoms with Crippen LogP contribution < -0.4 is 0 Å². The van der Waals surface area contributed by atoms with Crippen LogP contribution in [-0.2, 0) is 11.2 Å². The first-order valence-corrected chi connectivity index (χ1v) is 4.68. The van der Waals surface area contributed by atoms with Gasteiger partial charge in [-0.05, 0) is 19.1 Å². The van der Waals surface area contributed by atoms with Gasteiger partial charge in [-0.15, -0.1) is 0 Å². The summed E-state index contributed by atoms with van der Waals surface area (Å²) in [6.07, 6.45) is 2.00. The summed E-state index contributed by atoms with van der Waals surface area (Å²) in [6, 6.07) is 9.60. The van der Waals surface area contributed by atoms with Crippen LogP contribution in [0.5, 0.6) is 0 Å². The predicted octanol–water partition coefficient (Wildman–Crippen LogP) is 2.30. The van der Waals surface area contributed by atoms with Gasteiger partial charge in [0.15, 0.2) is 0 Å². The molecule has 1 radical (unpaired) electrons. The molecule has 1 aromatic heterocycles. The number of hydrogen-bond donors (Lipinski definition) is 0. The summed E-state index contributed by atoms with van der Waals surface area (Å²) in [5.74, 6) is 1.23. The van der Waals surface area contributed by atoms with Gasteiger partial charge in [-0.3, -0.25) is 4.79 Å². The number of rotatable bonds is 3. The lowest BCUT2D eigenvalue weighted by molar-refractivity contribution is 0.537. The van der Waals surface area contributed by atoms with E-state index in [4.69, 9.17) is 4.42 Å². The molecule has 0 spiro atoms. The monoisotopic (exact) mass is 200 g/mol. The zero-order valence-electron chi connectivity index (χ0n) is 8.36. The standard InChI is InChI=1S/C12H10NO2/c1-9-11(7-8-14)13-12(15-9)10-5-3-2-4-6-10/h2-6H,7H2,1H3. The molecule has 15 heavy (non-hydrogen) atoms. The van der Waals surface area contributed by atoms with Crippen LogP contribution in [0, 0.1) is 6.92 Å². The summed E-state index contributed by atoms with van der Waals surface area (Å²) in [7, 11) is 0. The SMILES string of the molecule is Cc1oc(-c2ccccc2)nc1C[C]=O. The van der Waals surface area contributed by atoms with Gasteiger partial charge in [0, 0.05) is 5.56 Å². The minimum Gasteiger partial charge on any atom is -0.441 e. The fourth-order valence-electron chi connectivity index (χ4n) is 1.36. The lowest BCUT2D eigenvalue weighted by Crippen LogP contribution is -1.88. The molecular weight excluding hydrogens is 190 g/mol. The number of carbonyl (C=O) groups excluding carboxylic acids is 1. The van der Waals surface area contributed by atoms with E-state index in [9.17, 15) is 4.79 Å². The zero-order valence-corrected chi connectivity index (χ0v) is 8.36. The fourth-order valence-corrected chi connectivity index (χ4v) is 1.36. The summed E-state index contributed by atoms with van der Waals surface area (Å²) >= 11 is 0. The van der Waals surface area contributed by atoms with Crippen molar-refractivity contribution in [1.82, 2.24) is 4.98 Å². The molecule has 0 saturated heterocycles. The maximum Gasteiger partial charge on any atom is 0.226 e. The van der Waals surface area contributed by atoms with Gasteiger partial charge in [-0.1, -0.05) is 18.2 Å². The Morgan fingerprint density at radius 1 is 1.33 bits per heavy atom. The van der Waals surface area contributed by atoms with Crippen LogP contribution in [0.2, 0.25) is 0 Å². The van der Waals surface area contributed by atoms with Crippen molar-refractivity contribution in [1.29, 1.82) is 0 Å². The first-order chi connectivity index (χ1) is 7.31. The van der Waals surface area contributed by atoms with E-state index in [1.165, 1.54) is 0 Å². The van der Waals surface area contributed by atoms with Crippen LogP contribution in [0.25, 0.3) is 11.5 Å². The van der Waals surface area contributed by atoms with Crippen molar-refractivity contribution in [3.63, 3.8) is 0 Å². The van der Waals surface area contributed by atoms with Crippen LogP contribution >= 0.6 is 0 Å². The molecule has 0 unspecified atom stereocenters. The van der Waals surface area contributed by atoms with E-state index in [0.29, 0.717) is 17.3 Å². The Balaban J connectivity index is 2.38. The Morgan fingerprint density at radius 3 is 2.73 bits per heavy atom. The van der Waals surface area contributed by atoms with Crippen molar-refractivity contribution in [3.8, 4) is 11.5 Å². The van der Waals surface area contributed by atoms with Crippen LogP contribution in [0.4, 0.5) is 0 Å². The third kappa shape index (κ3) is 1.96. The molecule has 1 heterocycles. The number of oxazole rings is 1. The molecule has 2 aromatic rings. The normalized spacial score (nSPS) is 10.2. The molecular formula is C12H10NO2. The fraction of sp³-hybridized carbons (Fsp3) is 0.167. The molecule has 0 saturated carbocycles. The highest BCUT2D eigenvalue weighted by Crippen LogP contribution is 2.21. The highest BCUT2D eigenvalue weighted by molar-refractivity contribution is 5.58. The van der Waals surface area contributed by atoms with Crippen LogP contribution in [0.15, 0.2) is 34.7 Å². The highest BCUT2D eigenvalue weighted by atomic mass is 16.4. The molecule has 0 N–H and O–H groups in total. The van der Waals surface area contributed by atoms with Gasteiger partial charge < -0.3 is 4.42 Å². The number of aryl methyl sites for hydroxylation is 1. The second-order valence-corrected chi connectivity index (χ2v) is 3.21. The molecule has 0 atom stereocenters. The number of aromatic nitrogens is 1. The van der Waals surface area contributed by atoms with Gasteiger partial charge in [0.05, 0.1) is 12.1 Å². The maximum absolute atomic E-state index is 10.3. The van der Waals surface area contributed by atoms with Crippen LogP contribution in [0.1, 0.15) is 11.5 Å². The van der Waals surface area contributed by atoms with Gasteiger partial charge in [-0.2, -0.15) is 0 Å². The van der Waals surface area contributed by atoms with Crippen molar-refractivity contribution in [2.75, 3.05) is 0 Å². The van der Waals surface area contributed by atoms with E-state index in [1.54, 1.807) is 6.92 Å². The van der Waals surface area contributed by atoms with Gasteiger partial charge in [-0.25, -0.2) is 4.98 Å². The summed E-state index contributed by atoms with van der Waals surface area (Å²) in [6.45, 7) is 1.80. The molecule has 3 nitrogen and oxygen atoms in total. The summed E-state index contributed by atoms with van der Waals surface area (Å²) < 4.78 is 5.46. The number of nitrogens with zero attached hydrogens (tertiary/aromatic N) is 1. The maximum atomic E-state index is 10.3. The highest BCUT2D eigenvalue weighted by Gasteiger charge is 2.10. The van der Waals surface area contributed by atoms with Crippen molar-refractivity contribution in [2.45, 2.75) is 13.3 Å². The second-order valence-electron chi connectivity index (χ2n) is 3.21. The smallest absolute Gasteiger partial charge is 0.226 e. The molecule has 0 amide bonds. The number of benzene rings is 1.